The first-order valence-electron chi connectivity index (χ1n) is 35.6. The van der Waals surface area contributed by atoms with Crippen LogP contribution in [0.5, 0.6) is 0 Å². The number of ether oxygens (including phenoxy) is 4. The average Bonchev–Trinajstić information content (AvgIpc) is 3.71. The van der Waals surface area contributed by atoms with E-state index in [9.17, 15) is 43.2 Å². The number of phosphoric ester groups is 2. The normalized spacial score (nSPS) is 14.1. The van der Waals surface area contributed by atoms with Crippen molar-refractivity contribution in [3.05, 3.63) is 0 Å². The fraction of sp³-hybridized carbons (Fsp3) is 0.941. The smallest absolute Gasteiger partial charge is 0.462 e. The highest BCUT2D eigenvalue weighted by molar-refractivity contribution is 7.47. The fourth-order valence-electron chi connectivity index (χ4n) is 10.3. The molecule has 0 rings (SSSR count). The van der Waals surface area contributed by atoms with Crippen molar-refractivity contribution in [1.29, 1.82) is 0 Å². The van der Waals surface area contributed by atoms with E-state index in [1.807, 2.05) is 0 Å². The molecule has 0 radical (unpaired) electrons. The molecule has 0 aliphatic heterocycles. The quantitative estimate of drug-likeness (QED) is 0.0222. The molecule has 2 unspecified atom stereocenters. The number of carbonyl (C=O) groups excluding carboxylic acids is 4. The molecule has 0 aliphatic rings. The highest BCUT2D eigenvalue weighted by Crippen LogP contribution is 2.45. The Balaban J connectivity index is 5.14. The van der Waals surface area contributed by atoms with E-state index in [4.69, 9.17) is 37.0 Å². The number of aliphatic hydroxyl groups excluding tert-OH is 1. The molecule has 0 spiro atoms. The maximum Gasteiger partial charge on any atom is 0.472 e. The van der Waals surface area contributed by atoms with Gasteiger partial charge >= 0.3 is 39.5 Å². The van der Waals surface area contributed by atoms with Gasteiger partial charge in [0.15, 0.2) is 12.2 Å². The number of rotatable bonds is 68. The summed E-state index contributed by atoms with van der Waals surface area (Å²) in [5, 5.41) is 10.5. The van der Waals surface area contributed by atoms with Crippen LogP contribution in [0, 0.1) is 5.92 Å². The van der Waals surface area contributed by atoms with Gasteiger partial charge in [0.05, 0.1) is 26.4 Å². The highest BCUT2D eigenvalue weighted by atomic mass is 31.2. The van der Waals surface area contributed by atoms with E-state index < -0.39 is 97.5 Å². The van der Waals surface area contributed by atoms with Gasteiger partial charge in [-0.1, -0.05) is 298 Å². The van der Waals surface area contributed by atoms with E-state index in [0.717, 1.165) is 102 Å². The third-order valence-corrected chi connectivity index (χ3v) is 17.7. The van der Waals surface area contributed by atoms with Crippen molar-refractivity contribution < 1.29 is 80.2 Å². The van der Waals surface area contributed by atoms with Gasteiger partial charge < -0.3 is 33.8 Å². The minimum absolute atomic E-state index is 0.105. The Morgan fingerprint density at radius 3 is 0.782 bits per heavy atom. The minimum Gasteiger partial charge on any atom is -0.462 e. The molecule has 5 atom stereocenters. The number of esters is 4. The van der Waals surface area contributed by atoms with Gasteiger partial charge in [-0.05, 0) is 31.6 Å². The van der Waals surface area contributed by atoms with Crippen LogP contribution in [-0.2, 0) is 65.4 Å². The monoisotopic (exact) mass is 1280 g/mol. The molecule has 0 saturated heterocycles. The summed E-state index contributed by atoms with van der Waals surface area (Å²) in [6.45, 7) is 7.16. The third-order valence-electron chi connectivity index (χ3n) is 15.8. The standard InChI is InChI=1S/C68H132O17P2/c1-6-9-12-15-17-19-20-21-23-27-30-34-37-42-47-52-66(71)79-58-64(85-68(73)54-49-44-39-35-31-28-25-22-24-26-29-33-36-41-45-50-61(4)5)60-83-87(76,77)81-56-62(69)55-80-86(74,75)82-59-63(57-78-65(70)51-46-40-14-11-8-3)84-67(72)53-48-43-38-32-18-16-13-10-7-2/h61-64,69H,6-60H2,1-5H3,(H,74,75)(H,76,77)/t62-,63+,64+/m0/s1. The van der Waals surface area contributed by atoms with E-state index in [1.54, 1.807) is 0 Å². The van der Waals surface area contributed by atoms with Gasteiger partial charge in [-0.3, -0.25) is 37.3 Å². The summed E-state index contributed by atoms with van der Waals surface area (Å²) in [7, 11) is -9.88. The van der Waals surface area contributed by atoms with Crippen molar-refractivity contribution in [3.63, 3.8) is 0 Å². The second kappa shape index (κ2) is 61.6. The van der Waals surface area contributed by atoms with Crippen LogP contribution < -0.4 is 0 Å². The molecule has 0 amide bonds. The number of aliphatic hydroxyl groups is 1. The van der Waals surface area contributed by atoms with Crippen molar-refractivity contribution in [1.82, 2.24) is 0 Å². The Kier molecular flexibility index (Phi) is 60.2. The van der Waals surface area contributed by atoms with Crippen LogP contribution in [0.4, 0.5) is 0 Å². The molecule has 3 N–H and O–H groups in total. The third kappa shape index (κ3) is 62.6. The molecular formula is C68H132O17P2. The molecule has 0 aromatic carbocycles. The Bertz CT molecular complexity index is 1690. The molecule has 0 heterocycles. The molecule has 19 heteroatoms. The van der Waals surface area contributed by atoms with Crippen LogP contribution in [0.3, 0.4) is 0 Å². The summed E-state index contributed by atoms with van der Waals surface area (Å²) in [5.41, 5.74) is 0. The molecule has 0 saturated carbocycles. The first-order valence-corrected chi connectivity index (χ1v) is 38.6. The topological polar surface area (TPSA) is 237 Å². The van der Waals surface area contributed by atoms with Crippen LogP contribution in [0.25, 0.3) is 0 Å². The Morgan fingerprint density at radius 2 is 0.529 bits per heavy atom. The Hall–Kier alpha value is -1.94. The minimum atomic E-state index is -4.95. The van der Waals surface area contributed by atoms with Crippen molar-refractivity contribution in [3.8, 4) is 0 Å². The zero-order valence-corrected chi connectivity index (χ0v) is 57.9. The first-order chi connectivity index (χ1) is 42.0. The summed E-state index contributed by atoms with van der Waals surface area (Å²) in [6.07, 6.45) is 47.6. The van der Waals surface area contributed by atoms with Crippen molar-refractivity contribution in [2.75, 3.05) is 39.6 Å². The van der Waals surface area contributed by atoms with Gasteiger partial charge in [-0.2, -0.15) is 0 Å². The predicted molar refractivity (Wildman–Crippen MR) is 349 cm³/mol. The average molecular weight is 1280 g/mol. The van der Waals surface area contributed by atoms with Crippen LogP contribution in [0.2, 0.25) is 0 Å². The van der Waals surface area contributed by atoms with Gasteiger partial charge in [-0.25, -0.2) is 9.13 Å². The number of carbonyl (C=O) groups is 4. The van der Waals surface area contributed by atoms with Crippen molar-refractivity contribution >= 4 is 39.5 Å². The summed E-state index contributed by atoms with van der Waals surface area (Å²) in [4.78, 5) is 72.1. The van der Waals surface area contributed by atoms with E-state index >= 15 is 0 Å². The number of hydrogen-bond acceptors (Lipinski definition) is 15. The zero-order chi connectivity index (χ0) is 64.2. The molecule has 0 aromatic heterocycles. The van der Waals surface area contributed by atoms with Crippen LogP contribution in [-0.4, -0.2) is 96.7 Å². The number of unbranched alkanes of at least 4 members (excludes halogenated alkanes) is 40. The molecular weight excluding hydrogens is 1150 g/mol. The number of phosphoric acid groups is 2. The van der Waals surface area contributed by atoms with Gasteiger partial charge in [0.2, 0.25) is 0 Å². The van der Waals surface area contributed by atoms with Crippen molar-refractivity contribution in [2.24, 2.45) is 5.92 Å². The SMILES string of the molecule is CCCCCCCCCCCCCCCCCC(=O)OC[C@H](COP(=O)(O)OC[C@@H](O)COP(=O)(O)OC[C@@H](COC(=O)CCCCCCC)OC(=O)CCCCCCCCCCC)OC(=O)CCCCCCCCCCCCCCCCCC(C)C. The first kappa shape index (κ1) is 85.1. The van der Waals surface area contributed by atoms with E-state index in [1.165, 1.54) is 167 Å². The molecule has 0 bridgehead atoms. The molecule has 87 heavy (non-hydrogen) atoms. The largest absolute Gasteiger partial charge is 0.472 e. The molecule has 0 aromatic rings. The van der Waals surface area contributed by atoms with E-state index in [0.29, 0.717) is 25.7 Å². The van der Waals surface area contributed by atoms with Gasteiger partial charge in [0.25, 0.3) is 0 Å². The maximum absolute atomic E-state index is 13.0. The van der Waals surface area contributed by atoms with Crippen LogP contribution >= 0.6 is 15.6 Å². The zero-order valence-electron chi connectivity index (χ0n) is 56.2. The van der Waals surface area contributed by atoms with Gasteiger partial charge in [0.1, 0.15) is 19.3 Å². The van der Waals surface area contributed by atoms with Crippen molar-refractivity contribution in [2.45, 2.75) is 368 Å². The van der Waals surface area contributed by atoms with E-state index in [-0.39, 0.29) is 25.7 Å². The van der Waals surface area contributed by atoms with E-state index in [2.05, 4.69) is 34.6 Å². The number of hydrogen-bond donors (Lipinski definition) is 3. The second-order valence-corrected chi connectivity index (χ2v) is 27.9. The highest BCUT2D eigenvalue weighted by Gasteiger charge is 2.30. The molecule has 0 aliphatic carbocycles. The maximum atomic E-state index is 13.0. The van der Waals surface area contributed by atoms with Crippen LogP contribution in [0.15, 0.2) is 0 Å². The second-order valence-electron chi connectivity index (χ2n) is 25.0. The lowest BCUT2D eigenvalue weighted by atomic mass is 10.0. The lowest BCUT2D eigenvalue weighted by molar-refractivity contribution is -0.161. The lowest BCUT2D eigenvalue weighted by Gasteiger charge is -2.21. The molecule has 17 nitrogen and oxygen atoms in total. The van der Waals surface area contributed by atoms with Gasteiger partial charge in [-0.15, -0.1) is 0 Å². The fourth-order valence-corrected chi connectivity index (χ4v) is 11.9. The lowest BCUT2D eigenvalue weighted by Crippen LogP contribution is -2.30. The summed E-state index contributed by atoms with van der Waals surface area (Å²) < 4.78 is 67.9. The summed E-state index contributed by atoms with van der Waals surface area (Å²) >= 11 is 0. The molecule has 0 fully saturated rings. The van der Waals surface area contributed by atoms with Gasteiger partial charge in [0, 0.05) is 25.7 Å². The summed E-state index contributed by atoms with van der Waals surface area (Å²) in [5.74, 6) is -1.33. The predicted octanol–water partition coefficient (Wildman–Crippen LogP) is 19.4. The van der Waals surface area contributed by atoms with Crippen LogP contribution in [0.1, 0.15) is 349 Å². The Morgan fingerprint density at radius 1 is 0.310 bits per heavy atom. The Labute approximate surface area is 530 Å². The summed E-state index contributed by atoms with van der Waals surface area (Å²) in [6, 6.07) is 0. The molecule has 516 valence electrons.